The monoisotopic (exact) mass is 383 g/mol. The minimum atomic E-state index is -0.360. The number of rotatable bonds is 5. The molecule has 3 rings (SSSR count). The highest BCUT2D eigenvalue weighted by atomic mass is 35.5. The molecule has 0 unspecified atom stereocenters. The first-order chi connectivity index (χ1) is 12.9. The number of hydrogen-bond acceptors (Lipinski definition) is 6. The second-order valence-electron chi connectivity index (χ2n) is 5.95. The molecule has 1 aromatic heterocycles. The molecule has 0 saturated heterocycles. The molecule has 0 radical (unpaired) electrons. The van der Waals surface area contributed by atoms with Crippen LogP contribution in [0, 0.1) is 13.8 Å². The fourth-order valence-corrected chi connectivity index (χ4v) is 2.58. The van der Waals surface area contributed by atoms with Crippen molar-refractivity contribution in [1.82, 2.24) is 15.4 Å². The summed E-state index contributed by atoms with van der Waals surface area (Å²) < 4.78 is 5.77. The number of nitrogens with two attached hydrogens (primary N) is 1. The molecule has 0 fully saturated rings. The molecule has 0 spiro atoms. The molecule has 4 N–H and O–H groups in total. The number of nitrogens with zero attached hydrogens (tertiary/aromatic N) is 2. The molecule has 1 amide bonds. The SMILES string of the molecule is Cc1cc(C)cc(Oc2ncnc(NNC(=O)c3ccc(Cl)cc3)c2N)c1. The van der Waals surface area contributed by atoms with E-state index >= 15 is 0 Å². The summed E-state index contributed by atoms with van der Waals surface area (Å²) in [5, 5.41) is 0.549. The van der Waals surface area contributed by atoms with Crippen LogP contribution in [0.25, 0.3) is 0 Å². The summed E-state index contributed by atoms with van der Waals surface area (Å²) in [5.74, 6) is 0.681. The Labute approximate surface area is 161 Å². The van der Waals surface area contributed by atoms with E-state index in [1.165, 1.54) is 6.33 Å². The van der Waals surface area contributed by atoms with Gasteiger partial charge < -0.3 is 10.5 Å². The minimum Gasteiger partial charge on any atom is -0.437 e. The van der Waals surface area contributed by atoms with E-state index in [-0.39, 0.29) is 23.3 Å². The molecule has 0 aliphatic carbocycles. The first-order valence-corrected chi connectivity index (χ1v) is 8.49. The van der Waals surface area contributed by atoms with Crippen LogP contribution in [0.3, 0.4) is 0 Å². The van der Waals surface area contributed by atoms with Crippen LogP contribution in [0.1, 0.15) is 21.5 Å². The Bertz CT molecular complexity index is 956. The van der Waals surface area contributed by atoms with Gasteiger partial charge in [0, 0.05) is 10.6 Å². The number of aromatic nitrogens is 2. The number of aryl methyl sites for hydroxylation is 2. The van der Waals surface area contributed by atoms with E-state index in [1.54, 1.807) is 24.3 Å². The van der Waals surface area contributed by atoms with Gasteiger partial charge in [0.2, 0.25) is 5.88 Å². The zero-order valence-corrected chi connectivity index (χ0v) is 15.5. The number of nitrogens with one attached hydrogen (secondary N) is 2. The number of carbonyl (C=O) groups excluding carboxylic acids is 1. The number of halogens is 1. The topological polar surface area (TPSA) is 102 Å². The number of amides is 1. The predicted octanol–water partition coefficient (Wildman–Crippen LogP) is 3.88. The van der Waals surface area contributed by atoms with Crippen molar-refractivity contribution in [1.29, 1.82) is 0 Å². The normalized spacial score (nSPS) is 10.3. The summed E-state index contributed by atoms with van der Waals surface area (Å²) in [5.41, 5.74) is 14.0. The smallest absolute Gasteiger partial charge is 0.269 e. The molecule has 2 aromatic carbocycles. The van der Waals surface area contributed by atoms with Gasteiger partial charge in [-0.25, -0.2) is 4.98 Å². The van der Waals surface area contributed by atoms with Gasteiger partial charge in [-0.2, -0.15) is 4.98 Å². The maximum absolute atomic E-state index is 12.2. The molecule has 0 aliphatic rings. The van der Waals surface area contributed by atoms with E-state index in [2.05, 4.69) is 20.8 Å². The average Bonchev–Trinajstić information content (AvgIpc) is 2.62. The summed E-state index contributed by atoms with van der Waals surface area (Å²) >= 11 is 5.82. The van der Waals surface area contributed by atoms with Gasteiger partial charge in [-0.1, -0.05) is 17.7 Å². The third-order valence-corrected chi connectivity index (χ3v) is 3.91. The maximum Gasteiger partial charge on any atom is 0.269 e. The van der Waals surface area contributed by atoms with E-state index < -0.39 is 0 Å². The van der Waals surface area contributed by atoms with Crippen molar-refractivity contribution >= 4 is 29.0 Å². The Morgan fingerprint density at radius 2 is 1.74 bits per heavy atom. The number of ether oxygens (including phenoxy) is 1. The quantitative estimate of drug-likeness (QED) is 0.578. The standard InChI is InChI=1S/C19H18ClN5O2/c1-11-7-12(2)9-15(8-11)27-19-16(21)17(22-10-23-19)24-25-18(26)13-3-5-14(20)6-4-13/h3-10H,21H2,1-2H3,(H,25,26)(H,22,23,24). The molecule has 0 saturated carbocycles. The van der Waals surface area contributed by atoms with Gasteiger partial charge in [-0.15, -0.1) is 0 Å². The minimum absolute atomic E-state index is 0.174. The summed E-state index contributed by atoms with van der Waals surface area (Å²) in [6.45, 7) is 3.95. The van der Waals surface area contributed by atoms with Crippen molar-refractivity contribution < 1.29 is 9.53 Å². The molecule has 8 heteroatoms. The van der Waals surface area contributed by atoms with Crippen LogP contribution in [0.4, 0.5) is 11.5 Å². The predicted molar refractivity (Wildman–Crippen MR) is 105 cm³/mol. The second kappa shape index (κ2) is 7.92. The van der Waals surface area contributed by atoms with Crippen LogP contribution in [0.2, 0.25) is 5.02 Å². The lowest BCUT2D eigenvalue weighted by atomic mass is 10.1. The first-order valence-electron chi connectivity index (χ1n) is 8.11. The Hall–Kier alpha value is -3.32. The lowest BCUT2D eigenvalue weighted by molar-refractivity contribution is 0.0962. The lowest BCUT2D eigenvalue weighted by Crippen LogP contribution is -2.30. The van der Waals surface area contributed by atoms with Crippen LogP contribution in [-0.2, 0) is 0 Å². The van der Waals surface area contributed by atoms with Gasteiger partial charge in [0.05, 0.1) is 0 Å². The Morgan fingerprint density at radius 1 is 1.07 bits per heavy atom. The van der Waals surface area contributed by atoms with Gasteiger partial charge >= 0.3 is 0 Å². The van der Waals surface area contributed by atoms with Crippen molar-refractivity contribution in [3.8, 4) is 11.6 Å². The Morgan fingerprint density at radius 3 is 2.41 bits per heavy atom. The van der Waals surface area contributed by atoms with Gasteiger partial charge in [-0.3, -0.25) is 15.6 Å². The summed E-state index contributed by atoms with van der Waals surface area (Å²) in [4.78, 5) is 20.3. The van der Waals surface area contributed by atoms with Crippen molar-refractivity contribution in [3.05, 3.63) is 70.5 Å². The summed E-state index contributed by atoms with van der Waals surface area (Å²) in [7, 11) is 0. The van der Waals surface area contributed by atoms with Crippen molar-refractivity contribution in [2.24, 2.45) is 0 Å². The fraction of sp³-hybridized carbons (Fsp3) is 0.105. The summed E-state index contributed by atoms with van der Waals surface area (Å²) in [6, 6.07) is 12.3. The highest BCUT2D eigenvalue weighted by Gasteiger charge is 2.12. The van der Waals surface area contributed by atoms with Gasteiger partial charge in [0.1, 0.15) is 17.8 Å². The van der Waals surface area contributed by atoms with Gasteiger partial charge in [-0.05, 0) is 61.4 Å². The highest BCUT2D eigenvalue weighted by molar-refractivity contribution is 6.30. The van der Waals surface area contributed by atoms with E-state index in [0.717, 1.165) is 11.1 Å². The van der Waals surface area contributed by atoms with E-state index in [4.69, 9.17) is 22.1 Å². The van der Waals surface area contributed by atoms with Gasteiger partial charge in [0.25, 0.3) is 5.91 Å². The molecule has 0 atom stereocenters. The highest BCUT2D eigenvalue weighted by Crippen LogP contribution is 2.29. The number of benzene rings is 2. The van der Waals surface area contributed by atoms with Crippen molar-refractivity contribution in [2.45, 2.75) is 13.8 Å². The van der Waals surface area contributed by atoms with E-state index in [9.17, 15) is 4.79 Å². The molecular weight excluding hydrogens is 366 g/mol. The Kier molecular flexibility index (Phi) is 5.42. The molecule has 27 heavy (non-hydrogen) atoms. The number of nitrogen functional groups attached to an aromatic ring is 1. The Balaban J connectivity index is 1.72. The molecular formula is C19H18ClN5O2. The fourth-order valence-electron chi connectivity index (χ4n) is 2.45. The number of hydrogen-bond donors (Lipinski definition) is 3. The molecule has 138 valence electrons. The largest absolute Gasteiger partial charge is 0.437 e. The van der Waals surface area contributed by atoms with Crippen molar-refractivity contribution in [3.63, 3.8) is 0 Å². The molecule has 7 nitrogen and oxygen atoms in total. The number of hydrazine groups is 1. The maximum atomic E-state index is 12.2. The van der Waals surface area contributed by atoms with E-state index in [1.807, 2.05) is 32.0 Å². The third-order valence-electron chi connectivity index (χ3n) is 3.66. The van der Waals surface area contributed by atoms with Crippen LogP contribution >= 0.6 is 11.6 Å². The number of carbonyl (C=O) groups is 1. The van der Waals surface area contributed by atoms with Crippen molar-refractivity contribution in [2.75, 3.05) is 11.2 Å². The van der Waals surface area contributed by atoms with Crippen LogP contribution in [-0.4, -0.2) is 15.9 Å². The van der Waals surface area contributed by atoms with Crippen LogP contribution in [0.15, 0.2) is 48.8 Å². The average molecular weight is 384 g/mol. The lowest BCUT2D eigenvalue weighted by Gasteiger charge is -2.13. The zero-order chi connectivity index (χ0) is 19.4. The zero-order valence-electron chi connectivity index (χ0n) is 14.8. The van der Waals surface area contributed by atoms with Gasteiger partial charge in [0.15, 0.2) is 5.82 Å². The van der Waals surface area contributed by atoms with Crippen LogP contribution in [0.5, 0.6) is 11.6 Å². The second-order valence-corrected chi connectivity index (χ2v) is 6.39. The number of anilines is 2. The molecule has 1 heterocycles. The third kappa shape index (κ3) is 4.65. The molecule has 0 aliphatic heterocycles. The molecule has 3 aromatic rings. The first kappa shape index (κ1) is 18.5. The van der Waals surface area contributed by atoms with Crippen LogP contribution < -0.4 is 21.3 Å². The summed E-state index contributed by atoms with van der Waals surface area (Å²) in [6.07, 6.45) is 1.30. The molecule has 0 bridgehead atoms. The van der Waals surface area contributed by atoms with E-state index in [0.29, 0.717) is 16.3 Å².